The first-order valence-electron chi connectivity index (χ1n) is 38.8. The van der Waals surface area contributed by atoms with Crippen LogP contribution in [0.3, 0.4) is 0 Å². The van der Waals surface area contributed by atoms with Crippen molar-refractivity contribution in [2.24, 2.45) is 17.8 Å². The van der Waals surface area contributed by atoms with Crippen LogP contribution in [0.15, 0.2) is 188 Å². The van der Waals surface area contributed by atoms with Gasteiger partial charge >= 0.3 is 6.18 Å². The van der Waals surface area contributed by atoms with Crippen LogP contribution >= 0.6 is 11.3 Å². The zero-order valence-electron chi connectivity index (χ0n) is 71.0. The molecule has 19 nitrogen and oxygen atoms in total. The van der Waals surface area contributed by atoms with E-state index in [1.165, 1.54) is 68.6 Å². The second-order valence-corrected chi connectivity index (χ2v) is 24.1. The zero-order chi connectivity index (χ0) is 89.3. The van der Waals surface area contributed by atoms with Crippen molar-refractivity contribution in [3.63, 3.8) is 0 Å². The van der Waals surface area contributed by atoms with Gasteiger partial charge in [-0.05, 0) is 168 Å². The van der Waals surface area contributed by atoms with E-state index in [0.29, 0.717) is 49.9 Å². The summed E-state index contributed by atoms with van der Waals surface area (Å²) in [4.78, 5) is 4.88. The molecule has 0 amide bonds. The quantitative estimate of drug-likeness (QED) is 0.0400. The number of nitrogens with zero attached hydrogens (tertiary/aromatic N) is 1. The molecule has 3 saturated carbocycles. The fourth-order valence-electron chi connectivity index (χ4n) is 7.27. The molecule has 4 aliphatic carbocycles. The lowest BCUT2D eigenvalue weighted by atomic mass is 10.1. The van der Waals surface area contributed by atoms with Crippen LogP contribution in [0, 0.1) is 41.9 Å². The number of hydrogen-bond acceptors (Lipinski definition) is 20. The molecule has 4 aliphatic rings. The molecule has 2 aromatic heterocycles. The normalized spacial score (nSPS) is 13.0. The topological polar surface area (TPSA) is 377 Å². The highest BCUT2D eigenvalue weighted by molar-refractivity contribution is 7.09. The molecule has 0 bridgehead atoms. The van der Waals surface area contributed by atoms with Gasteiger partial charge in [-0.1, -0.05) is 209 Å². The fraction of sp³-hybridized carbons (Fsp3) is 0.500. The van der Waals surface area contributed by atoms with E-state index in [4.69, 9.17) is 95.0 Å². The van der Waals surface area contributed by atoms with Gasteiger partial charge in [-0.2, -0.15) is 13.2 Å². The van der Waals surface area contributed by atoms with Crippen molar-refractivity contribution >= 4 is 17.4 Å². The van der Waals surface area contributed by atoms with Crippen molar-refractivity contribution in [1.82, 2.24) is 4.98 Å². The van der Waals surface area contributed by atoms with Crippen LogP contribution in [0.1, 0.15) is 172 Å². The van der Waals surface area contributed by atoms with E-state index >= 15 is 0 Å². The molecule has 3 fully saturated rings. The Morgan fingerprint density at radius 1 is 0.606 bits per heavy atom. The van der Waals surface area contributed by atoms with Gasteiger partial charge < -0.3 is 91.9 Å². The van der Waals surface area contributed by atoms with Gasteiger partial charge in [0, 0.05) is 67.4 Å². The highest BCUT2D eigenvalue weighted by atomic mass is 32.1. The minimum Gasteiger partial charge on any atom is -0.400 e. The molecular formula is C86H138F3NO18S. The Hall–Kier alpha value is -6.86. The Morgan fingerprint density at radius 2 is 1.06 bits per heavy atom. The Morgan fingerprint density at radius 3 is 1.29 bits per heavy atom. The number of rotatable bonds is 12. The minimum absolute atomic E-state index is 0.0286. The maximum absolute atomic E-state index is 10.5. The Labute approximate surface area is 663 Å². The minimum atomic E-state index is -4.40. The number of aromatic nitrogens is 1. The van der Waals surface area contributed by atoms with Crippen molar-refractivity contribution in [1.29, 1.82) is 0 Å². The number of pyridine rings is 1. The largest absolute Gasteiger partial charge is 0.411 e. The molecule has 622 valence electrons. The molecule has 109 heavy (non-hydrogen) atoms. The molecule has 18 N–H and O–H groups in total. The number of hydrogen-bond donors (Lipinski definition) is 18. The van der Waals surface area contributed by atoms with Gasteiger partial charge in [-0.15, -0.1) is 24.3 Å². The third-order valence-electron chi connectivity index (χ3n) is 12.8. The van der Waals surface area contributed by atoms with E-state index in [1.54, 1.807) is 42.7 Å². The lowest BCUT2D eigenvalue weighted by Gasteiger charge is -1.98. The number of aliphatic hydroxyl groups is 18. The molecule has 0 radical (unpaired) electrons. The predicted molar refractivity (Wildman–Crippen MR) is 439 cm³/mol. The van der Waals surface area contributed by atoms with Gasteiger partial charge in [0.25, 0.3) is 0 Å². The number of terminal acetylenes is 1. The molecule has 4 aromatic carbocycles. The van der Waals surface area contributed by atoms with E-state index in [-0.39, 0.29) is 71.7 Å². The highest BCUT2D eigenvalue weighted by Crippen LogP contribution is 2.27. The van der Waals surface area contributed by atoms with Crippen LogP contribution in [-0.4, -0.2) is 202 Å². The standard InChI is InChI=1S/2C9H10O.C9H8O.C7H8O.C6H7NO.C6H12O.C5H6OS.C5H10O.C5H12O.C5H10O.C4H8O.C3H8O.C3H6O.C3H4O.C2H3F3O.2C2H6O.CH4O/c10-9-5-7-3-1-2-4-8(7)6-9;2*10-8-4-7-9-5-2-1-3-6-9;8-6-7-4-2-1-3-5-7;8-5-6-3-1-2-4-7-6;7-5-6-3-1-2-4-6;6-4-5-2-1-3-7-5;6-5-3-1-2-4-5;2*1-5(2)3-4-6;5-3-4-1-2-4;3*1-2-3-4;3-2(4,5)1-6;2*1-2-3;1-2/h1-4,9-10H,5-6H2;1-7,10H,8H2;1-3,5-6,10H,8H2;1-5,8H,6H2;1-4,8H,5H2;6-7H,1-5H2;1-3,6H,4H2;5-6H,1-4H2;5-6H,3-4H2,1-2H3;3,6H,4H2,1-2H3;4-5H,1-3H2;4H,2-3H2,1H3;2,4H,1,3H2;1,4H,3H2;6H,1H2;2*3H,2H2,1H3;2H,1H3/b;7-4+;;;;;;;;;;;;;;;;/i;;;;;;;;;;;;;;;1D3;;1D3. The summed E-state index contributed by atoms with van der Waals surface area (Å²) in [6, 6.07) is 46.5. The molecule has 23 heteroatoms. The predicted octanol–water partition coefficient (Wildman–Crippen LogP) is 11.6. The summed E-state index contributed by atoms with van der Waals surface area (Å²) >= 11 is 1.57. The third-order valence-corrected chi connectivity index (χ3v) is 13.7. The molecule has 2 heterocycles. The van der Waals surface area contributed by atoms with Crippen LogP contribution in [0.5, 0.6) is 0 Å². The number of benzene rings is 4. The molecule has 0 unspecified atom stereocenters. The van der Waals surface area contributed by atoms with E-state index in [1.807, 2.05) is 166 Å². The number of alkyl halides is 3. The molecule has 0 aliphatic heterocycles. The first-order chi connectivity index (χ1) is 54.6. The molecule has 6 aromatic rings. The second-order valence-electron chi connectivity index (χ2n) is 23.1. The van der Waals surface area contributed by atoms with Crippen molar-refractivity contribution in [3.8, 4) is 24.2 Å². The van der Waals surface area contributed by atoms with Crippen molar-refractivity contribution in [2.75, 3.05) is 86.3 Å². The molecule has 0 spiro atoms. The number of halogens is 3. The first-order valence-corrected chi connectivity index (χ1v) is 36.7. The van der Waals surface area contributed by atoms with Gasteiger partial charge in [-0.25, -0.2) is 0 Å². The average molecular weight is 1570 g/mol. The lowest BCUT2D eigenvalue weighted by Crippen LogP contribution is -2.12. The van der Waals surface area contributed by atoms with E-state index in [0.717, 1.165) is 65.7 Å². The first kappa shape index (κ1) is 104. The number of allylic oxidation sites excluding steroid dienone is 1. The summed E-state index contributed by atoms with van der Waals surface area (Å²) in [5, 5.41) is 149. The molecule has 0 atom stereocenters. The summed E-state index contributed by atoms with van der Waals surface area (Å²) in [6.45, 7) is 12.5. The monoisotopic (exact) mass is 1570 g/mol. The zero-order valence-corrected chi connectivity index (χ0v) is 65.9. The SMILES string of the molecule is C#CCO.C=CCO.CC(C)=CCO.CC(C)CCO.CCCO.CCO.OC/C=C/c1ccccc1.OC1CCCC1.OC1Cc2ccccc2C1.OCC#Cc1ccccc1.OCC(F)(F)F.OCC1CC1.OCC1CCCC1.OCc1ccccc1.OCc1ccccn1.OCc1cccs1.[2H]C([2H])([2H])CO.[2H]C([2H])([2H])O. The van der Waals surface area contributed by atoms with Gasteiger partial charge in [0.05, 0.1) is 61.7 Å². The number of aliphatic hydroxyl groups excluding tert-OH is 17. The van der Waals surface area contributed by atoms with Crippen LogP contribution in [0.25, 0.3) is 6.08 Å². The van der Waals surface area contributed by atoms with Gasteiger partial charge in [-0.3, -0.25) is 4.98 Å². The number of fused-ring (bicyclic) bond motifs is 1. The van der Waals surface area contributed by atoms with Crippen molar-refractivity contribution in [2.45, 2.75) is 176 Å². The maximum Gasteiger partial charge on any atom is 0.411 e. The Bertz CT molecular complexity index is 2970. The summed E-state index contributed by atoms with van der Waals surface area (Å²) in [5.41, 5.74) is 7.54. The van der Waals surface area contributed by atoms with Crippen LogP contribution in [0.2, 0.25) is 0 Å². The van der Waals surface area contributed by atoms with E-state index in [2.05, 4.69) is 55.8 Å². The van der Waals surface area contributed by atoms with Crippen LogP contribution in [0.4, 0.5) is 13.2 Å². The fourth-order valence-corrected chi connectivity index (χ4v) is 7.83. The molecule has 10 rings (SSSR count). The Kier molecular flexibility index (Phi) is 92.9. The third kappa shape index (κ3) is 103. The highest BCUT2D eigenvalue weighted by Gasteiger charge is 2.24. The molecular weight excluding hydrogens is 1420 g/mol. The maximum atomic E-state index is 10.5. The van der Waals surface area contributed by atoms with Gasteiger partial charge in [0.15, 0.2) is 0 Å². The van der Waals surface area contributed by atoms with Crippen molar-refractivity contribution < 1.29 is 113 Å². The van der Waals surface area contributed by atoms with E-state index < -0.39 is 33.3 Å². The van der Waals surface area contributed by atoms with E-state index in [9.17, 15) is 18.3 Å². The summed E-state index contributed by atoms with van der Waals surface area (Å²) in [7, 11) is -2.75. The second kappa shape index (κ2) is 97.2. The van der Waals surface area contributed by atoms with Gasteiger partial charge in [0.2, 0.25) is 0 Å². The lowest BCUT2D eigenvalue weighted by molar-refractivity contribution is -0.159. The Balaban J connectivity index is -0.000000177. The number of thiophene rings is 1. The smallest absolute Gasteiger partial charge is 0.400 e. The average Bonchev–Trinajstić information content (AvgIpc) is 1.72. The van der Waals surface area contributed by atoms with Crippen LogP contribution in [-0.2, 0) is 32.7 Å². The van der Waals surface area contributed by atoms with Crippen LogP contribution < -0.4 is 0 Å². The van der Waals surface area contributed by atoms with Gasteiger partial charge in [0.1, 0.15) is 19.8 Å². The molecule has 0 saturated heterocycles. The van der Waals surface area contributed by atoms with Crippen molar-refractivity contribution in [3.05, 3.63) is 226 Å². The summed E-state index contributed by atoms with van der Waals surface area (Å²) < 4.78 is 67.9. The summed E-state index contributed by atoms with van der Waals surface area (Å²) in [6.07, 6.45) is 24.3. The summed E-state index contributed by atoms with van der Waals surface area (Å²) in [5.74, 6) is 9.34.